The molecule has 4 aliphatic heterocycles. The molecule has 3 amide bonds. The van der Waals surface area contributed by atoms with E-state index in [-0.39, 0.29) is 23.8 Å². The Labute approximate surface area is 287 Å². The van der Waals surface area contributed by atoms with Crippen LogP contribution in [0, 0.1) is 17.8 Å². The number of rotatable bonds is 10. The van der Waals surface area contributed by atoms with Gasteiger partial charge in [-0.3, -0.25) is 14.4 Å². The Kier molecular flexibility index (Phi) is 9.65. The monoisotopic (exact) mass is 678 g/mol. The van der Waals surface area contributed by atoms with Crippen LogP contribution in [0.5, 0.6) is 0 Å². The maximum Gasteiger partial charge on any atom is 0.246 e. The first-order valence-corrected chi connectivity index (χ1v) is 18.1. The molecule has 5 aliphatic rings. The summed E-state index contributed by atoms with van der Waals surface area (Å²) in [5.74, 6) is -1.59. The summed E-state index contributed by atoms with van der Waals surface area (Å²) in [6.07, 6.45) is 12.5. The molecule has 4 heterocycles. The van der Waals surface area contributed by atoms with Crippen molar-refractivity contribution in [3.8, 4) is 0 Å². The molecular weight excluding hydrogens is 635 g/mol. The molecule has 10 heteroatoms. The average Bonchev–Trinajstić information content (AvgIpc) is 3.70. The number of nitrogens with zero attached hydrogens (tertiary/aromatic N) is 2. The van der Waals surface area contributed by atoms with Crippen LogP contribution in [0.15, 0.2) is 60.7 Å². The van der Waals surface area contributed by atoms with Crippen LogP contribution in [-0.2, 0) is 25.5 Å². The number of benzene rings is 2. The number of hydrogen-bond donors (Lipinski definition) is 2. The highest BCUT2D eigenvalue weighted by atomic mass is 35.5. The van der Waals surface area contributed by atoms with Crippen molar-refractivity contribution in [1.82, 2.24) is 15.1 Å². The van der Waals surface area contributed by atoms with Gasteiger partial charge in [0.15, 0.2) is 0 Å². The Hall–Kier alpha value is -2.91. The number of likely N-dealkylation sites (tertiary alicyclic amines) is 2. The molecule has 250 valence electrons. The third kappa shape index (κ3) is 6.71. The van der Waals surface area contributed by atoms with Gasteiger partial charge in [0.05, 0.1) is 17.9 Å². The van der Waals surface area contributed by atoms with Gasteiger partial charge in [0, 0.05) is 28.3 Å². The normalized spacial score (nSPS) is 29.3. The Balaban J connectivity index is 1.04. The molecule has 47 heavy (non-hydrogen) atoms. The van der Waals surface area contributed by atoms with Gasteiger partial charge < -0.3 is 25.2 Å². The zero-order valence-corrected chi connectivity index (χ0v) is 28.2. The highest BCUT2D eigenvalue weighted by Crippen LogP contribution is 2.55. The fourth-order valence-corrected chi connectivity index (χ4v) is 9.24. The summed E-state index contributed by atoms with van der Waals surface area (Å²) in [6.45, 7) is 3.36. The van der Waals surface area contributed by atoms with Gasteiger partial charge in [-0.05, 0) is 87.8 Å². The topological polar surface area (TPSA) is 91.0 Å². The molecule has 2 aromatic carbocycles. The van der Waals surface area contributed by atoms with Crippen LogP contribution in [0.4, 0.5) is 5.69 Å². The van der Waals surface area contributed by atoms with E-state index in [0.717, 1.165) is 71.0 Å². The summed E-state index contributed by atoms with van der Waals surface area (Å²) in [5.41, 5.74) is 0.675. The van der Waals surface area contributed by atoms with Gasteiger partial charge in [0.25, 0.3) is 0 Å². The standard InChI is InChI=1S/C37H44Cl2N4O4/c38-26-21-27(39)23-29(22-26)41-34(44)31-30-12-15-37(47-30)32(31)36(46)43(33(37)35(45)40-28-10-5-2-6-11-28)17-7-16-42-18-13-25(14-19-42)20-24-8-3-1-4-9-24/h1,3-4,8-9,12,15,21-23,25,28,30-33H,2,5-7,10-11,13-14,16-20H2,(H,40,45)(H,41,44). The first kappa shape index (κ1) is 32.6. The Morgan fingerprint density at radius 2 is 1.64 bits per heavy atom. The number of fused-ring (bicyclic) bond motifs is 1. The van der Waals surface area contributed by atoms with E-state index in [1.807, 2.05) is 12.2 Å². The molecule has 1 aliphatic carbocycles. The number of piperidine rings is 1. The van der Waals surface area contributed by atoms with Crippen LogP contribution in [-0.4, -0.2) is 77.5 Å². The molecule has 7 rings (SSSR count). The lowest BCUT2D eigenvalue weighted by Gasteiger charge is -2.35. The molecule has 8 nitrogen and oxygen atoms in total. The molecule has 5 unspecified atom stereocenters. The lowest BCUT2D eigenvalue weighted by Crippen LogP contribution is -2.56. The van der Waals surface area contributed by atoms with Crippen molar-refractivity contribution in [1.29, 1.82) is 0 Å². The molecule has 0 radical (unpaired) electrons. The minimum absolute atomic E-state index is 0.0927. The second-order valence-electron chi connectivity index (χ2n) is 14.1. The summed E-state index contributed by atoms with van der Waals surface area (Å²) in [7, 11) is 0. The molecule has 2 N–H and O–H groups in total. The van der Waals surface area contributed by atoms with Gasteiger partial charge >= 0.3 is 0 Å². The van der Waals surface area contributed by atoms with E-state index in [1.165, 1.54) is 12.0 Å². The number of ether oxygens (including phenoxy) is 1. The molecule has 4 fully saturated rings. The fourth-order valence-electron chi connectivity index (χ4n) is 8.71. The summed E-state index contributed by atoms with van der Waals surface area (Å²) in [5, 5.41) is 6.98. The van der Waals surface area contributed by atoms with E-state index in [1.54, 1.807) is 23.1 Å². The van der Waals surface area contributed by atoms with Gasteiger partial charge in [0.1, 0.15) is 11.6 Å². The van der Waals surface area contributed by atoms with Crippen molar-refractivity contribution in [2.75, 3.05) is 31.5 Å². The first-order valence-electron chi connectivity index (χ1n) is 17.3. The Bertz CT molecular complexity index is 1490. The Morgan fingerprint density at radius 1 is 0.915 bits per heavy atom. The molecule has 5 atom stereocenters. The van der Waals surface area contributed by atoms with Gasteiger partial charge in [0.2, 0.25) is 17.7 Å². The number of hydrogen-bond acceptors (Lipinski definition) is 5. The quantitative estimate of drug-likeness (QED) is 0.307. The van der Waals surface area contributed by atoms with Crippen LogP contribution in [0.1, 0.15) is 56.9 Å². The number of halogens is 2. The van der Waals surface area contributed by atoms with Crippen molar-refractivity contribution in [3.05, 3.63) is 76.3 Å². The number of amides is 3. The van der Waals surface area contributed by atoms with Gasteiger partial charge in [-0.2, -0.15) is 0 Å². The zero-order chi connectivity index (χ0) is 32.5. The van der Waals surface area contributed by atoms with Crippen LogP contribution in [0.3, 0.4) is 0 Å². The third-order valence-corrected chi connectivity index (χ3v) is 11.4. The van der Waals surface area contributed by atoms with E-state index in [4.69, 9.17) is 27.9 Å². The predicted octanol–water partition coefficient (Wildman–Crippen LogP) is 5.88. The SMILES string of the molecule is O=C(Nc1cc(Cl)cc(Cl)c1)C1C2C=CC3(O2)C1C(=O)N(CCCN1CCC(Cc2ccccc2)CC1)C3C(=O)NC1CCCCC1. The van der Waals surface area contributed by atoms with Crippen molar-refractivity contribution in [2.45, 2.75) is 81.6 Å². The number of anilines is 1. The lowest BCUT2D eigenvalue weighted by atomic mass is 9.74. The summed E-state index contributed by atoms with van der Waals surface area (Å²) in [4.78, 5) is 46.5. The molecule has 2 aromatic rings. The van der Waals surface area contributed by atoms with E-state index >= 15 is 0 Å². The van der Waals surface area contributed by atoms with E-state index < -0.39 is 29.6 Å². The van der Waals surface area contributed by atoms with Crippen molar-refractivity contribution >= 4 is 46.6 Å². The average molecular weight is 680 g/mol. The van der Waals surface area contributed by atoms with Crippen molar-refractivity contribution < 1.29 is 19.1 Å². The largest absolute Gasteiger partial charge is 0.359 e. The molecule has 0 aromatic heterocycles. The van der Waals surface area contributed by atoms with Crippen LogP contribution in [0.25, 0.3) is 0 Å². The van der Waals surface area contributed by atoms with Crippen LogP contribution in [0.2, 0.25) is 10.0 Å². The highest BCUT2D eigenvalue weighted by Gasteiger charge is 2.72. The van der Waals surface area contributed by atoms with Gasteiger partial charge in [-0.1, -0.05) is 84.9 Å². The van der Waals surface area contributed by atoms with E-state index in [9.17, 15) is 14.4 Å². The summed E-state index contributed by atoms with van der Waals surface area (Å²) in [6, 6.07) is 14.8. The first-order chi connectivity index (χ1) is 22.8. The predicted molar refractivity (Wildman–Crippen MR) is 183 cm³/mol. The molecule has 1 saturated carbocycles. The van der Waals surface area contributed by atoms with Crippen LogP contribution >= 0.6 is 23.2 Å². The fraction of sp³-hybridized carbons (Fsp3) is 0.541. The maximum atomic E-state index is 14.3. The van der Waals surface area contributed by atoms with Crippen molar-refractivity contribution in [2.24, 2.45) is 17.8 Å². The molecular formula is C37H44Cl2N4O4. The lowest BCUT2D eigenvalue weighted by molar-refractivity contribution is -0.141. The smallest absolute Gasteiger partial charge is 0.246 e. The van der Waals surface area contributed by atoms with E-state index in [2.05, 4.69) is 45.9 Å². The second kappa shape index (κ2) is 13.9. The summed E-state index contributed by atoms with van der Waals surface area (Å²) < 4.78 is 6.53. The number of carbonyl (C=O) groups excluding carboxylic acids is 3. The van der Waals surface area contributed by atoms with E-state index in [0.29, 0.717) is 28.2 Å². The van der Waals surface area contributed by atoms with Gasteiger partial charge in [-0.15, -0.1) is 0 Å². The zero-order valence-electron chi connectivity index (χ0n) is 26.7. The summed E-state index contributed by atoms with van der Waals surface area (Å²) >= 11 is 12.4. The Morgan fingerprint density at radius 3 is 2.36 bits per heavy atom. The highest BCUT2D eigenvalue weighted by molar-refractivity contribution is 6.35. The van der Waals surface area contributed by atoms with Crippen molar-refractivity contribution in [3.63, 3.8) is 0 Å². The molecule has 2 bridgehead atoms. The third-order valence-electron chi connectivity index (χ3n) is 11.0. The molecule has 3 saturated heterocycles. The second-order valence-corrected chi connectivity index (χ2v) is 14.9. The minimum Gasteiger partial charge on any atom is -0.359 e. The number of nitrogens with one attached hydrogen (secondary N) is 2. The van der Waals surface area contributed by atoms with Crippen LogP contribution < -0.4 is 10.6 Å². The van der Waals surface area contributed by atoms with Gasteiger partial charge in [-0.25, -0.2) is 0 Å². The maximum absolute atomic E-state index is 14.3. The minimum atomic E-state index is -1.18. The molecule has 1 spiro atoms. The number of carbonyl (C=O) groups is 3.